The van der Waals surface area contributed by atoms with Gasteiger partial charge in [-0.1, -0.05) is 30.3 Å². The van der Waals surface area contributed by atoms with Crippen LogP contribution in [0.4, 0.5) is 0 Å². The van der Waals surface area contributed by atoms with Crippen LogP contribution in [0.25, 0.3) is 11.0 Å². The van der Waals surface area contributed by atoms with E-state index in [1.54, 1.807) is 0 Å². The van der Waals surface area contributed by atoms with E-state index in [4.69, 9.17) is 16.6 Å². The summed E-state index contributed by atoms with van der Waals surface area (Å²) in [6.45, 7) is 7.01. The second-order valence-corrected chi connectivity index (χ2v) is 6.25. The van der Waals surface area contributed by atoms with Crippen molar-refractivity contribution in [1.29, 1.82) is 0 Å². The first kappa shape index (κ1) is 14.2. The number of aryl methyl sites for hydroxylation is 2. The summed E-state index contributed by atoms with van der Waals surface area (Å²) in [6, 6.07) is 14.8. The second kappa shape index (κ2) is 5.53. The molecule has 108 valence electrons. The normalized spacial score (nSPS) is 12.8. The standard InChI is InChI=1S/C18H19ClN2/c1-12-8-9-17-16(10-12)20-18(14(3)19)21(17)11-15-7-5-4-6-13(15)2/h4-10,14H,11H2,1-3H3. The molecule has 0 N–H and O–H groups in total. The molecular weight excluding hydrogens is 280 g/mol. The molecule has 1 unspecified atom stereocenters. The van der Waals surface area contributed by atoms with Gasteiger partial charge in [0.05, 0.1) is 16.4 Å². The van der Waals surface area contributed by atoms with Crippen molar-refractivity contribution >= 4 is 22.6 Å². The smallest absolute Gasteiger partial charge is 0.128 e. The van der Waals surface area contributed by atoms with E-state index < -0.39 is 0 Å². The van der Waals surface area contributed by atoms with Gasteiger partial charge in [-0.05, 0) is 49.6 Å². The van der Waals surface area contributed by atoms with Gasteiger partial charge in [0.15, 0.2) is 0 Å². The summed E-state index contributed by atoms with van der Waals surface area (Å²) in [5.41, 5.74) is 5.98. The van der Waals surface area contributed by atoms with Gasteiger partial charge in [-0.25, -0.2) is 4.98 Å². The van der Waals surface area contributed by atoms with Gasteiger partial charge in [-0.3, -0.25) is 0 Å². The molecular formula is C18H19ClN2. The van der Waals surface area contributed by atoms with E-state index in [9.17, 15) is 0 Å². The molecule has 0 radical (unpaired) electrons. The lowest BCUT2D eigenvalue weighted by molar-refractivity contribution is 0.739. The van der Waals surface area contributed by atoms with Crippen LogP contribution in [0.1, 0.15) is 34.8 Å². The number of fused-ring (bicyclic) bond motifs is 1. The molecule has 1 aromatic heterocycles. The molecule has 21 heavy (non-hydrogen) atoms. The zero-order valence-corrected chi connectivity index (χ0v) is 13.4. The van der Waals surface area contributed by atoms with Crippen molar-refractivity contribution < 1.29 is 0 Å². The van der Waals surface area contributed by atoms with Gasteiger partial charge < -0.3 is 4.57 Å². The summed E-state index contributed by atoms with van der Waals surface area (Å²) in [6.07, 6.45) is 0. The first-order valence-corrected chi connectivity index (χ1v) is 7.65. The Morgan fingerprint density at radius 3 is 2.62 bits per heavy atom. The van der Waals surface area contributed by atoms with Crippen molar-refractivity contribution in [2.24, 2.45) is 0 Å². The fraction of sp³-hybridized carbons (Fsp3) is 0.278. The minimum atomic E-state index is -0.110. The van der Waals surface area contributed by atoms with Gasteiger partial charge in [-0.15, -0.1) is 11.6 Å². The molecule has 0 bridgehead atoms. The molecule has 0 amide bonds. The third-order valence-corrected chi connectivity index (χ3v) is 4.07. The van der Waals surface area contributed by atoms with Crippen molar-refractivity contribution in [2.45, 2.75) is 32.7 Å². The predicted octanol–water partition coefficient (Wildman–Crippen LogP) is 5.00. The first-order valence-electron chi connectivity index (χ1n) is 7.21. The first-order chi connectivity index (χ1) is 10.1. The Hall–Kier alpha value is -1.80. The Bertz CT molecular complexity index is 787. The lowest BCUT2D eigenvalue weighted by atomic mass is 10.1. The van der Waals surface area contributed by atoms with Gasteiger partial charge in [0.25, 0.3) is 0 Å². The minimum Gasteiger partial charge on any atom is -0.322 e. The summed E-state index contributed by atoms with van der Waals surface area (Å²) >= 11 is 6.34. The molecule has 0 fully saturated rings. The average molecular weight is 299 g/mol. The summed E-state index contributed by atoms with van der Waals surface area (Å²) in [4.78, 5) is 4.73. The number of aromatic nitrogens is 2. The maximum absolute atomic E-state index is 6.34. The van der Waals surface area contributed by atoms with Gasteiger partial charge in [0.1, 0.15) is 5.82 Å². The Balaban J connectivity index is 2.16. The number of halogens is 1. The molecule has 0 aliphatic heterocycles. The molecule has 3 heteroatoms. The quantitative estimate of drug-likeness (QED) is 0.622. The average Bonchev–Trinajstić information content (AvgIpc) is 2.79. The zero-order valence-electron chi connectivity index (χ0n) is 12.6. The van der Waals surface area contributed by atoms with Crippen molar-refractivity contribution in [3.63, 3.8) is 0 Å². The molecule has 3 rings (SSSR count). The van der Waals surface area contributed by atoms with Crippen LogP contribution in [0.3, 0.4) is 0 Å². The van der Waals surface area contributed by atoms with Gasteiger partial charge in [0.2, 0.25) is 0 Å². The number of alkyl halides is 1. The van der Waals surface area contributed by atoms with Gasteiger partial charge in [-0.2, -0.15) is 0 Å². The van der Waals surface area contributed by atoms with Gasteiger partial charge in [0, 0.05) is 6.54 Å². The third-order valence-electron chi connectivity index (χ3n) is 3.88. The van der Waals surface area contributed by atoms with Crippen LogP contribution >= 0.6 is 11.6 Å². The van der Waals surface area contributed by atoms with E-state index in [1.165, 1.54) is 16.7 Å². The van der Waals surface area contributed by atoms with E-state index in [0.717, 1.165) is 23.4 Å². The summed E-state index contributed by atoms with van der Waals surface area (Å²) in [5, 5.41) is -0.110. The van der Waals surface area contributed by atoms with Gasteiger partial charge >= 0.3 is 0 Å². The van der Waals surface area contributed by atoms with Crippen molar-refractivity contribution in [1.82, 2.24) is 9.55 Å². The molecule has 3 aromatic rings. The highest BCUT2D eigenvalue weighted by Gasteiger charge is 2.15. The molecule has 0 aliphatic rings. The molecule has 2 aromatic carbocycles. The second-order valence-electron chi connectivity index (χ2n) is 5.59. The lowest BCUT2D eigenvalue weighted by Gasteiger charge is -2.12. The summed E-state index contributed by atoms with van der Waals surface area (Å²) in [5.74, 6) is 0.931. The monoisotopic (exact) mass is 298 g/mol. The maximum Gasteiger partial charge on any atom is 0.128 e. The minimum absolute atomic E-state index is 0.110. The van der Waals surface area contributed by atoms with E-state index in [0.29, 0.717) is 0 Å². The summed E-state index contributed by atoms with van der Waals surface area (Å²) < 4.78 is 2.23. The lowest BCUT2D eigenvalue weighted by Crippen LogP contribution is -2.06. The van der Waals surface area contributed by atoms with E-state index in [1.807, 2.05) is 6.92 Å². The van der Waals surface area contributed by atoms with Crippen molar-refractivity contribution in [3.05, 3.63) is 65.0 Å². The molecule has 0 saturated carbocycles. The molecule has 1 heterocycles. The van der Waals surface area contributed by atoms with Crippen LogP contribution in [0.5, 0.6) is 0 Å². The number of rotatable bonds is 3. The molecule has 1 atom stereocenters. The van der Waals surface area contributed by atoms with E-state index in [2.05, 4.69) is 60.9 Å². The Morgan fingerprint density at radius 1 is 1.14 bits per heavy atom. The predicted molar refractivity (Wildman–Crippen MR) is 89.0 cm³/mol. The number of nitrogens with zero attached hydrogens (tertiary/aromatic N) is 2. The topological polar surface area (TPSA) is 17.8 Å². The SMILES string of the molecule is Cc1ccc2c(c1)nc(C(C)Cl)n2Cc1ccccc1C. The maximum atomic E-state index is 6.34. The van der Waals surface area contributed by atoms with Crippen LogP contribution in [-0.2, 0) is 6.54 Å². The molecule has 0 aliphatic carbocycles. The van der Waals surface area contributed by atoms with Crippen LogP contribution in [-0.4, -0.2) is 9.55 Å². The summed E-state index contributed by atoms with van der Waals surface area (Å²) in [7, 11) is 0. The Labute approximate surface area is 130 Å². The zero-order chi connectivity index (χ0) is 15.0. The number of hydrogen-bond acceptors (Lipinski definition) is 1. The fourth-order valence-corrected chi connectivity index (χ4v) is 2.85. The largest absolute Gasteiger partial charge is 0.322 e. The third kappa shape index (κ3) is 2.68. The number of benzene rings is 2. The van der Waals surface area contributed by atoms with Crippen LogP contribution in [0, 0.1) is 13.8 Å². The van der Waals surface area contributed by atoms with Crippen molar-refractivity contribution in [3.8, 4) is 0 Å². The number of imidazole rings is 1. The number of hydrogen-bond donors (Lipinski definition) is 0. The van der Waals surface area contributed by atoms with Crippen molar-refractivity contribution in [2.75, 3.05) is 0 Å². The Morgan fingerprint density at radius 2 is 1.90 bits per heavy atom. The fourth-order valence-electron chi connectivity index (χ4n) is 2.69. The van der Waals surface area contributed by atoms with E-state index >= 15 is 0 Å². The highest BCUT2D eigenvalue weighted by Crippen LogP contribution is 2.26. The van der Waals surface area contributed by atoms with Crippen LogP contribution < -0.4 is 0 Å². The van der Waals surface area contributed by atoms with Crippen LogP contribution in [0.2, 0.25) is 0 Å². The van der Waals surface area contributed by atoms with Crippen LogP contribution in [0.15, 0.2) is 42.5 Å². The highest BCUT2D eigenvalue weighted by atomic mass is 35.5. The molecule has 0 spiro atoms. The molecule has 0 saturated heterocycles. The molecule has 2 nitrogen and oxygen atoms in total. The highest BCUT2D eigenvalue weighted by molar-refractivity contribution is 6.20. The Kier molecular flexibility index (Phi) is 3.73. The van der Waals surface area contributed by atoms with E-state index in [-0.39, 0.29) is 5.38 Å².